The molecule has 1 aliphatic carbocycles. The van der Waals surface area contributed by atoms with E-state index in [0.29, 0.717) is 30.0 Å². The van der Waals surface area contributed by atoms with Crippen molar-refractivity contribution in [3.63, 3.8) is 0 Å². The minimum absolute atomic E-state index is 0.0753. The molecule has 2 aromatic heterocycles. The van der Waals surface area contributed by atoms with Crippen LogP contribution in [0.25, 0.3) is 10.2 Å². The average molecular weight is 465 g/mol. The molecule has 1 atom stereocenters. The molecule has 3 heterocycles. The van der Waals surface area contributed by atoms with Gasteiger partial charge in [-0.05, 0) is 60.4 Å². The van der Waals surface area contributed by atoms with Crippen molar-refractivity contribution in [2.24, 2.45) is 11.3 Å². The number of carbonyl (C=O) groups excluding carboxylic acids is 1. The Morgan fingerprint density at radius 1 is 1.09 bits per heavy atom. The SMILES string of the molecule is COc1ccc(C(=O)N2CCN(c3ncnc4sc5c(c34)CC[C@@H](C(C)(C)C)C5)CC2)cc1. The number of rotatable bonds is 3. The second-order valence-corrected chi connectivity index (χ2v) is 11.3. The highest BCUT2D eigenvalue weighted by Crippen LogP contribution is 2.44. The third-order valence-corrected chi connectivity index (χ3v) is 8.42. The molecule has 1 aliphatic heterocycles. The number of hydrogen-bond acceptors (Lipinski definition) is 6. The Morgan fingerprint density at radius 2 is 1.82 bits per heavy atom. The number of amides is 1. The van der Waals surface area contributed by atoms with E-state index in [1.165, 1.54) is 22.2 Å². The van der Waals surface area contributed by atoms with Crippen LogP contribution in [0.1, 0.15) is 48.0 Å². The number of piperazine rings is 1. The van der Waals surface area contributed by atoms with Gasteiger partial charge in [0.25, 0.3) is 5.91 Å². The number of aryl methyl sites for hydroxylation is 1. The van der Waals surface area contributed by atoms with Crippen LogP contribution in [-0.4, -0.2) is 54.1 Å². The molecule has 0 radical (unpaired) electrons. The molecule has 1 amide bonds. The molecule has 0 unspecified atom stereocenters. The fraction of sp³-hybridized carbons (Fsp3) is 0.500. The molecular formula is C26H32N4O2S. The van der Waals surface area contributed by atoms with Crippen LogP contribution in [0.15, 0.2) is 30.6 Å². The van der Waals surface area contributed by atoms with Gasteiger partial charge >= 0.3 is 0 Å². The second kappa shape index (κ2) is 8.60. The van der Waals surface area contributed by atoms with Crippen molar-refractivity contribution in [2.45, 2.75) is 40.0 Å². The zero-order chi connectivity index (χ0) is 23.2. The molecule has 1 aromatic carbocycles. The van der Waals surface area contributed by atoms with Crippen LogP contribution in [0, 0.1) is 11.3 Å². The Morgan fingerprint density at radius 3 is 2.48 bits per heavy atom. The van der Waals surface area contributed by atoms with E-state index in [-0.39, 0.29) is 5.91 Å². The van der Waals surface area contributed by atoms with E-state index in [9.17, 15) is 4.79 Å². The minimum atomic E-state index is 0.0753. The predicted molar refractivity (Wildman–Crippen MR) is 133 cm³/mol. The summed E-state index contributed by atoms with van der Waals surface area (Å²) < 4.78 is 5.20. The van der Waals surface area contributed by atoms with Crippen molar-refractivity contribution in [3.8, 4) is 5.75 Å². The largest absolute Gasteiger partial charge is 0.497 e. The average Bonchev–Trinajstić information content (AvgIpc) is 3.21. The third kappa shape index (κ3) is 4.19. The van der Waals surface area contributed by atoms with Gasteiger partial charge in [-0.15, -0.1) is 11.3 Å². The Labute approximate surface area is 199 Å². The van der Waals surface area contributed by atoms with Crippen LogP contribution < -0.4 is 9.64 Å². The van der Waals surface area contributed by atoms with Gasteiger partial charge in [-0.3, -0.25) is 4.79 Å². The standard InChI is InChI=1S/C26H32N4O2S/c1-26(2,3)18-7-10-20-21(15-18)33-24-22(20)23(27-16-28-24)29-11-13-30(14-12-29)25(31)17-5-8-19(32-4)9-6-17/h5-6,8-9,16,18H,7,10-15H2,1-4H3/t18-/m1/s1. The summed E-state index contributed by atoms with van der Waals surface area (Å²) in [6.07, 6.45) is 5.17. The van der Waals surface area contributed by atoms with Gasteiger partial charge in [0.05, 0.1) is 12.5 Å². The van der Waals surface area contributed by atoms with Gasteiger partial charge in [0, 0.05) is 36.6 Å². The first-order valence-corrected chi connectivity index (χ1v) is 12.6. The van der Waals surface area contributed by atoms with E-state index in [1.807, 2.05) is 40.5 Å². The summed E-state index contributed by atoms with van der Waals surface area (Å²) in [5.74, 6) is 2.59. The first-order valence-electron chi connectivity index (χ1n) is 11.8. The lowest BCUT2D eigenvalue weighted by molar-refractivity contribution is 0.0746. The molecule has 1 fully saturated rings. The van der Waals surface area contributed by atoms with Crippen LogP contribution in [0.2, 0.25) is 0 Å². The lowest BCUT2D eigenvalue weighted by Gasteiger charge is -2.36. The number of benzene rings is 1. The smallest absolute Gasteiger partial charge is 0.253 e. The number of anilines is 1. The molecule has 0 bridgehead atoms. The van der Waals surface area contributed by atoms with Crippen molar-refractivity contribution in [2.75, 3.05) is 38.2 Å². The van der Waals surface area contributed by atoms with Crippen LogP contribution in [-0.2, 0) is 12.8 Å². The van der Waals surface area contributed by atoms with Crippen LogP contribution >= 0.6 is 11.3 Å². The fourth-order valence-corrected chi connectivity index (χ4v) is 6.37. The molecule has 5 rings (SSSR count). The molecule has 1 saturated heterocycles. The minimum Gasteiger partial charge on any atom is -0.497 e. The van der Waals surface area contributed by atoms with Crippen molar-refractivity contribution >= 4 is 33.3 Å². The number of ether oxygens (including phenoxy) is 1. The first kappa shape index (κ1) is 22.1. The zero-order valence-electron chi connectivity index (χ0n) is 19.9. The lowest BCUT2D eigenvalue weighted by atomic mass is 9.72. The van der Waals surface area contributed by atoms with E-state index in [2.05, 4.69) is 30.7 Å². The molecule has 6 nitrogen and oxygen atoms in total. The van der Waals surface area contributed by atoms with Gasteiger partial charge in [-0.2, -0.15) is 0 Å². The summed E-state index contributed by atoms with van der Waals surface area (Å²) >= 11 is 1.85. The fourth-order valence-electron chi connectivity index (χ4n) is 5.11. The highest BCUT2D eigenvalue weighted by molar-refractivity contribution is 7.19. The predicted octanol–water partition coefficient (Wildman–Crippen LogP) is 4.81. The zero-order valence-corrected chi connectivity index (χ0v) is 20.7. The van der Waals surface area contributed by atoms with Gasteiger partial charge < -0.3 is 14.5 Å². The van der Waals surface area contributed by atoms with Crippen LogP contribution in [0.4, 0.5) is 5.82 Å². The normalized spacial score (nSPS) is 19.0. The maximum Gasteiger partial charge on any atom is 0.253 e. The number of thiophene rings is 1. The molecule has 3 aromatic rings. The summed E-state index contributed by atoms with van der Waals surface area (Å²) in [5, 5.41) is 1.25. The van der Waals surface area contributed by atoms with E-state index >= 15 is 0 Å². The number of carbonyl (C=O) groups is 1. The molecular weight excluding hydrogens is 432 g/mol. The summed E-state index contributed by atoms with van der Waals surface area (Å²) in [7, 11) is 1.63. The number of hydrogen-bond donors (Lipinski definition) is 0. The van der Waals surface area contributed by atoms with Crippen LogP contribution in [0.3, 0.4) is 0 Å². The van der Waals surface area contributed by atoms with Gasteiger partial charge in [-0.25, -0.2) is 9.97 Å². The third-order valence-electron chi connectivity index (χ3n) is 7.25. The molecule has 7 heteroatoms. The van der Waals surface area contributed by atoms with E-state index in [1.54, 1.807) is 13.4 Å². The van der Waals surface area contributed by atoms with Crippen LogP contribution in [0.5, 0.6) is 5.75 Å². The Hall–Kier alpha value is -2.67. The Kier molecular flexibility index (Phi) is 5.77. The monoisotopic (exact) mass is 464 g/mol. The number of nitrogens with zero attached hydrogens (tertiary/aromatic N) is 4. The van der Waals surface area contributed by atoms with Crippen molar-refractivity contribution < 1.29 is 9.53 Å². The van der Waals surface area contributed by atoms with E-state index in [4.69, 9.17) is 9.72 Å². The van der Waals surface area contributed by atoms with Gasteiger partial charge in [0.2, 0.25) is 0 Å². The van der Waals surface area contributed by atoms with Gasteiger partial charge in [0.1, 0.15) is 22.7 Å². The van der Waals surface area contributed by atoms with E-state index in [0.717, 1.165) is 42.3 Å². The quantitative estimate of drug-likeness (QED) is 0.557. The highest BCUT2D eigenvalue weighted by Gasteiger charge is 2.33. The van der Waals surface area contributed by atoms with Crippen molar-refractivity contribution in [1.29, 1.82) is 0 Å². The molecule has 174 valence electrons. The molecule has 0 saturated carbocycles. The maximum atomic E-state index is 13.0. The molecule has 2 aliphatic rings. The summed E-state index contributed by atoms with van der Waals surface area (Å²) in [5.41, 5.74) is 2.49. The first-order chi connectivity index (χ1) is 15.8. The topological polar surface area (TPSA) is 58.6 Å². The highest BCUT2D eigenvalue weighted by atomic mass is 32.1. The second-order valence-electron chi connectivity index (χ2n) is 10.2. The van der Waals surface area contributed by atoms with Gasteiger partial charge in [-0.1, -0.05) is 20.8 Å². The van der Waals surface area contributed by atoms with E-state index < -0.39 is 0 Å². The molecule has 33 heavy (non-hydrogen) atoms. The molecule has 0 spiro atoms. The summed E-state index contributed by atoms with van der Waals surface area (Å²) in [4.78, 5) is 29.2. The van der Waals surface area contributed by atoms with Crippen molar-refractivity contribution in [1.82, 2.24) is 14.9 Å². The number of methoxy groups -OCH3 is 1. The number of fused-ring (bicyclic) bond motifs is 3. The number of aromatic nitrogens is 2. The Bertz CT molecular complexity index is 1160. The maximum absolute atomic E-state index is 13.0. The summed E-state index contributed by atoms with van der Waals surface area (Å²) in [6.45, 7) is 10.0. The Balaban J connectivity index is 1.34. The lowest BCUT2D eigenvalue weighted by Crippen LogP contribution is -2.49. The van der Waals surface area contributed by atoms with Gasteiger partial charge in [0.15, 0.2) is 0 Å². The molecule has 0 N–H and O–H groups in total. The van der Waals surface area contributed by atoms with Crippen molar-refractivity contribution in [3.05, 3.63) is 46.6 Å². The summed E-state index contributed by atoms with van der Waals surface area (Å²) in [6, 6.07) is 7.35.